The van der Waals surface area contributed by atoms with Gasteiger partial charge < -0.3 is 43.7 Å². The number of aliphatic hydroxyl groups excluding tert-OH is 3. The Balaban J connectivity index is 0.0000410. The maximum absolute atomic E-state index is 12.9. The van der Waals surface area contributed by atoms with Crippen LogP contribution in [0.5, 0.6) is 0 Å². The fraction of sp³-hybridized carbons (Fsp3) is 0.939. The van der Waals surface area contributed by atoms with Gasteiger partial charge in [0, 0.05) is 19.8 Å². The number of hydrogen-bond acceptors (Lipinski definition) is 14. The topological polar surface area (TPSA) is 207 Å². The molecule has 1 unspecified atom stereocenters. The number of esters is 3. The Labute approximate surface area is 416 Å². The smallest absolute Gasteiger partial charge is 0.756 e. The average molecular weight is 959 g/mol. The molecule has 0 saturated carbocycles. The number of unbranched alkanes of at least 4 members (excludes halogenated alkanes) is 30. The summed E-state index contributed by atoms with van der Waals surface area (Å²) < 4.78 is 43.7. The van der Waals surface area contributed by atoms with Gasteiger partial charge in [-0.25, -0.2) is 0 Å². The molecule has 1 fully saturated rings. The summed E-state index contributed by atoms with van der Waals surface area (Å²) in [5.74, 6) is -1.81. The summed E-state index contributed by atoms with van der Waals surface area (Å²) in [6.45, 7) is 3.85. The van der Waals surface area contributed by atoms with Crippen LogP contribution in [0.1, 0.15) is 239 Å². The molecule has 0 aromatic heterocycles. The maximum atomic E-state index is 12.9. The molecule has 0 aromatic carbocycles. The van der Waals surface area contributed by atoms with Crippen molar-refractivity contribution in [3.05, 3.63) is 0 Å². The van der Waals surface area contributed by atoms with E-state index in [1.54, 1.807) is 0 Å². The van der Waals surface area contributed by atoms with Crippen molar-refractivity contribution in [1.82, 2.24) is 0 Å². The zero-order chi connectivity index (χ0) is 47.1. The van der Waals surface area contributed by atoms with E-state index >= 15 is 0 Å². The maximum Gasteiger partial charge on any atom is 1.00 e. The molecule has 1 aliphatic heterocycles. The van der Waals surface area contributed by atoms with Gasteiger partial charge >= 0.3 is 47.5 Å². The quantitative estimate of drug-likeness (QED) is 0.0177. The number of phosphoric acid groups is 1. The van der Waals surface area contributed by atoms with Crippen molar-refractivity contribution in [1.29, 1.82) is 0 Å². The first kappa shape index (κ1) is 64.4. The zero-order valence-electron chi connectivity index (χ0n) is 41.4. The van der Waals surface area contributed by atoms with Crippen LogP contribution in [0.2, 0.25) is 0 Å². The van der Waals surface area contributed by atoms with E-state index in [1.165, 1.54) is 154 Å². The van der Waals surface area contributed by atoms with Crippen LogP contribution >= 0.6 is 7.82 Å². The fourth-order valence-corrected chi connectivity index (χ4v) is 8.77. The van der Waals surface area contributed by atoms with Gasteiger partial charge in [-0.15, -0.1) is 0 Å². The van der Waals surface area contributed by atoms with Crippen LogP contribution in [0, 0.1) is 0 Å². The minimum absolute atomic E-state index is 0. The first-order valence-corrected chi connectivity index (χ1v) is 27.2. The number of carbonyl (C=O) groups excluding carboxylic acids is 3. The van der Waals surface area contributed by atoms with E-state index in [2.05, 4.69) is 13.8 Å². The van der Waals surface area contributed by atoms with Crippen LogP contribution < -0.4 is 34.5 Å². The largest absolute Gasteiger partial charge is 1.00 e. The summed E-state index contributed by atoms with van der Waals surface area (Å²) in [6.07, 6.45) is 28.5. The number of carbonyl (C=O) groups is 3. The van der Waals surface area contributed by atoms with Gasteiger partial charge in [0.2, 0.25) is 0 Å². The van der Waals surface area contributed by atoms with Gasteiger partial charge in [0.15, 0.2) is 12.4 Å². The molecule has 0 aliphatic carbocycles. The Morgan fingerprint density at radius 3 is 1.29 bits per heavy atom. The van der Waals surface area contributed by atoms with Crippen LogP contribution in [0.25, 0.3) is 0 Å². The van der Waals surface area contributed by atoms with Gasteiger partial charge in [-0.3, -0.25) is 23.5 Å². The first-order valence-electron chi connectivity index (χ1n) is 25.7. The van der Waals surface area contributed by atoms with E-state index in [0.29, 0.717) is 12.8 Å². The van der Waals surface area contributed by atoms with E-state index in [1.807, 2.05) is 0 Å². The normalized spacial score (nSPS) is 19.8. The van der Waals surface area contributed by atoms with Crippen LogP contribution in [-0.4, -0.2) is 89.9 Å². The predicted molar refractivity (Wildman–Crippen MR) is 247 cm³/mol. The summed E-state index contributed by atoms with van der Waals surface area (Å²) >= 11 is 0. The minimum Gasteiger partial charge on any atom is -0.756 e. The second kappa shape index (κ2) is 43.4. The first-order chi connectivity index (χ1) is 30.9. The number of phosphoric ester groups is 1. The number of hydrogen-bond donors (Lipinski definition) is 3. The van der Waals surface area contributed by atoms with Crippen molar-refractivity contribution in [3.63, 3.8) is 0 Å². The van der Waals surface area contributed by atoms with Gasteiger partial charge in [0.25, 0.3) is 7.82 Å². The monoisotopic (exact) mass is 959 g/mol. The Hall–Kier alpha value is -0.640. The number of aliphatic hydroxyl groups is 3. The molecule has 1 aliphatic rings. The molecule has 0 aromatic rings. The van der Waals surface area contributed by atoms with Gasteiger partial charge in [-0.1, -0.05) is 206 Å². The molecule has 378 valence electrons. The number of rotatable bonds is 44. The van der Waals surface area contributed by atoms with Crippen molar-refractivity contribution in [3.8, 4) is 0 Å². The third-order valence-corrected chi connectivity index (χ3v) is 12.9. The second-order valence-corrected chi connectivity index (χ2v) is 19.4. The van der Waals surface area contributed by atoms with Gasteiger partial charge in [0.05, 0.1) is 6.61 Å². The third kappa shape index (κ3) is 36.9. The fourth-order valence-electron chi connectivity index (χ4n) is 7.93. The molecule has 3 N–H and O–H groups in total. The summed E-state index contributed by atoms with van der Waals surface area (Å²) in [5, 5.41) is 30.8. The van der Waals surface area contributed by atoms with Crippen molar-refractivity contribution in [2.45, 2.75) is 276 Å². The molecule has 1 rings (SSSR count). The third-order valence-electron chi connectivity index (χ3n) is 12.0. The SMILES string of the molecule is CCCCCCCCCCCCCCCCCCCC(=O)O[C@H](COC(=O)CCCCCCCCCCCCCCCCC)COP(=O)([O-])O[C@@H]1O[C@H](COC(C)=O)[C@@H](O)[C@H](O)[C@H]1O.[Na+]. The van der Waals surface area contributed by atoms with E-state index in [4.69, 9.17) is 28.0 Å². The van der Waals surface area contributed by atoms with E-state index in [9.17, 15) is 39.2 Å². The van der Waals surface area contributed by atoms with E-state index in [0.717, 1.165) is 45.4 Å². The van der Waals surface area contributed by atoms with Gasteiger partial charge in [-0.05, 0) is 12.8 Å². The molecule has 0 spiro atoms. The van der Waals surface area contributed by atoms with Gasteiger partial charge in [-0.2, -0.15) is 0 Å². The molecule has 16 heteroatoms. The summed E-state index contributed by atoms with van der Waals surface area (Å²) in [4.78, 5) is 49.6. The van der Waals surface area contributed by atoms with Crippen LogP contribution in [-0.2, 0) is 46.9 Å². The Morgan fingerprint density at radius 2 is 0.908 bits per heavy atom. The van der Waals surface area contributed by atoms with Crippen LogP contribution in [0.4, 0.5) is 0 Å². The Morgan fingerprint density at radius 1 is 0.538 bits per heavy atom. The average Bonchev–Trinajstić information content (AvgIpc) is 3.26. The molecule has 0 bridgehead atoms. The molecule has 14 nitrogen and oxygen atoms in total. The molecule has 65 heavy (non-hydrogen) atoms. The van der Waals surface area contributed by atoms with Crippen molar-refractivity contribution in [2.75, 3.05) is 19.8 Å². The van der Waals surface area contributed by atoms with Crippen LogP contribution in [0.3, 0.4) is 0 Å². The summed E-state index contributed by atoms with van der Waals surface area (Å²) in [5.41, 5.74) is 0. The van der Waals surface area contributed by atoms with E-state index < -0.39 is 82.4 Å². The van der Waals surface area contributed by atoms with Crippen molar-refractivity contribution < 1.29 is 96.7 Å². The van der Waals surface area contributed by atoms with Crippen molar-refractivity contribution in [2.24, 2.45) is 0 Å². The predicted octanol–water partition coefficient (Wildman–Crippen LogP) is 7.62. The van der Waals surface area contributed by atoms with Gasteiger partial charge in [0.1, 0.15) is 37.6 Å². The second-order valence-electron chi connectivity index (χ2n) is 18.1. The van der Waals surface area contributed by atoms with Crippen molar-refractivity contribution >= 4 is 25.7 Å². The Bertz CT molecular complexity index is 1200. The molecular weight excluding hydrogens is 866 g/mol. The zero-order valence-corrected chi connectivity index (χ0v) is 44.3. The standard InChI is InChI=1S/C49H93O14P.Na/c1-4-6-8-10-12-14-16-18-20-21-23-25-27-29-31-33-35-37-45(52)61-42(38-59-44(51)36-34-32-30-28-26-24-22-19-17-15-13-11-9-7-5-2)39-60-64(56,57)63-49-48(55)47(54)46(53)43(62-49)40-58-41(3)50;/h42-43,46-49,53-55H,4-40H2,1-3H3,(H,56,57);/q;+1/p-1/t42-,43-,46-,47+,48-,49+;/m1./s1. The molecular formula is C49H92NaO14P. The number of ether oxygens (including phenoxy) is 4. The molecule has 1 heterocycles. The summed E-state index contributed by atoms with van der Waals surface area (Å²) in [6, 6.07) is 0. The molecule has 1 saturated heterocycles. The summed E-state index contributed by atoms with van der Waals surface area (Å²) in [7, 11) is -5.32. The Kier molecular flexibility index (Phi) is 43.0. The minimum atomic E-state index is -5.32. The molecule has 7 atom stereocenters. The van der Waals surface area contributed by atoms with E-state index in [-0.39, 0.29) is 42.4 Å². The van der Waals surface area contributed by atoms with Crippen LogP contribution in [0.15, 0.2) is 0 Å². The molecule has 0 amide bonds. The molecule has 0 radical (unpaired) electrons.